The van der Waals surface area contributed by atoms with Crippen molar-refractivity contribution < 1.29 is 0 Å². The van der Waals surface area contributed by atoms with Crippen molar-refractivity contribution in [2.45, 2.75) is 6.54 Å². The van der Waals surface area contributed by atoms with Crippen LogP contribution in [-0.4, -0.2) is 15.0 Å². The molecule has 2 aromatic heterocycles. The van der Waals surface area contributed by atoms with Crippen LogP contribution in [0.25, 0.3) is 33.3 Å². The van der Waals surface area contributed by atoms with Gasteiger partial charge in [0.05, 0.1) is 11.0 Å². The summed E-state index contributed by atoms with van der Waals surface area (Å²) in [6.07, 6.45) is 1.81. The molecule has 0 radical (unpaired) electrons. The highest BCUT2D eigenvalue weighted by Gasteiger charge is 2.11. The summed E-state index contributed by atoms with van der Waals surface area (Å²) in [5, 5.41) is 2.25. The number of nitrogens with zero attached hydrogens (tertiary/aromatic N) is 2. The van der Waals surface area contributed by atoms with Gasteiger partial charge in [-0.1, -0.05) is 36.4 Å². The molecule has 0 aliphatic heterocycles. The van der Waals surface area contributed by atoms with Crippen LogP contribution in [-0.2, 0) is 6.54 Å². The maximum atomic E-state index is 5.78. The Kier molecular flexibility index (Phi) is 2.69. The lowest BCUT2D eigenvalue weighted by atomic mass is 10.1. The van der Waals surface area contributed by atoms with Crippen LogP contribution < -0.4 is 5.73 Å². The minimum Gasteiger partial charge on any atom is -0.337 e. The second kappa shape index (κ2) is 4.68. The Morgan fingerprint density at radius 2 is 1.90 bits per heavy atom. The molecule has 0 aliphatic carbocycles. The van der Waals surface area contributed by atoms with E-state index in [1.807, 2.05) is 42.6 Å². The van der Waals surface area contributed by atoms with Crippen LogP contribution in [0.5, 0.6) is 0 Å². The van der Waals surface area contributed by atoms with Gasteiger partial charge in [-0.25, -0.2) is 4.98 Å². The number of para-hydroxylation sites is 1. The molecule has 0 aliphatic rings. The highest BCUT2D eigenvalue weighted by molar-refractivity contribution is 5.94. The summed E-state index contributed by atoms with van der Waals surface area (Å²) in [4.78, 5) is 12.6. The third-order valence-corrected chi connectivity index (χ3v) is 3.71. The molecule has 0 fully saturated rings. The van der Waals surface area contributed by atoms with Gasteiger partial charge in [-0.3, -0.25) is 4.98 Å². The summed E-state index contributed by atoms with van der Waals surface area (Å²) >= 11 is 0. The summed E-state index contributed by atoms with van der Waals surface area (Å²) in [7, 11) is 0. The molecule has 4 heteroatoms. The third-order valence-electron chi connectivity index (χ3n) is 3.71. The molecule has 0 saturated heterocycles. The molecule has 0 unspecified atom stereocenters. The summed E-state index contributed by atoms with van der Waals surface area (Å²) in [5.41, 5.74) is 9.60. The van der Waals surface area contributed by atoms with Crippen molar-refractivity contribution in [1.29, 1.82) is 0 Å². The van der Waals surface area contributed by atoms with Gasteiger partial charge in [0.15, 0.2) is 5.82 Å². The van der Waals surface area contributed by atoms with Gasteiger partial charge in [0, 0.05) is 18.1 Å². The molecule has 0 atom stereocenters. The number of hydrogen-bond acceptors (Lipinski definition) is 3. The average molecular weight is 274 g/mol. The van der Waals surface area contributed by atoms with E-state index in [2.05, 4.69) is 22.1 Å². The van der Waals surface area contributed by atoms with Gasteiger partial charge in [0.25, 0.3) is 0 Å². The van der Waals surface area contributed by atoms with E-state index in [4.69, 9.17) is 10.7 Å². The summed E-state index contributed by atoms with van der Waals surface area (Å²) in [6, 6.07) is 16.2. The molecular weight excluding hydrogens is 260 g/mol. The van der Waals surface area contributed by atoms with E-state index in [1.54, 1.807) is 0 Å². The van der Waals surface area contributed by atoms with E-state index in [-0.39, 0.29) is 0 Å². The first-order valence-electron chi connectivity index (χ1n) is 6.88. The summed E-state index contributed by atoms with van der Waals surface area (Å²) < 4.78 is 0. The van der Waals surface area contributed by atoms with Crippen LogP contribution in [0.2, 0.25) is 0 Å². The van der Waals surface area contributed by atoms with Gasteiger partial charge < -0.3 is 10.7 Å². The molecule has 3 N–H and O–H groups in total. The quantitative estimate of drug-likeness (QED) is 0.589. The zero-order chi connectivity index (χ0) is 14.2. The van der Waals surface area contributed by atoms with E-state index in [0.717, 1.165) is 38.9 Å². The molecule has 0 saturated carbocycles. The van der Waals surface area contributed by atoms with E-state index in [1.165, 1.54) is 0 Å². The maximum absolute atomic E-state index is 5.78. The van der Waals surface area contributed by atoms with Crippen LogP contribution in [0, 0.1) is 0 Å². The van der Waals surface area contributed by atoms with Crippen LogP contribution in [0.4, 0.5) is 0 Å². The van der Waals surface area contributed by atoms with E-state index in [9.17, 15) is 0 Å². The fraction of sp³-hybridized carbons (Fsp3) is 0.0588. The Labute approximate surface area is 121 Å². The SMILES string of the molecule is NCc1cccc2[nH]c(-c3nccc4ccccc34)nc12. The molecule has 4 rings (SSSR count). The molecule has 4 aromatic rings. The Hall–Kier alpha value is -2.72. The first-order valence-corrected chi connectivity index (χ1v) is 6.88. The lowest BCUT2D eigenvalue weighted by molar-refractivity contribution is 1.08. The lowest BCUT2D eigenvalue weighted by Gasteiger charge is -2.02. The number of aromatic nitrogens is 3. The van der Waals surface area contributed by atoms with Gasteiger partial charge in [-0.2, -0.15) is 0 Å². The minimum atomic E-state index is 0.477. The smallest absolute Gasteiger partial charge is 0.157 e. The molecule has 21 heavy (non-hydrogen) atoms. The van der Waals surface area contributed by atoms with Crippen molar-refractivity contribution in [3.8, 4) is 11.5 Å². The zero-order valence-corrected chi connectivity index (χ0v) is 11.4. The highest BCUT2D eigenvalue weighted by atomic mass is 14.9. The van der Waals surface area contributed by atoms with Crippen LogP contribution in [0.3, 0.4) is 0 Å². The molecule has 2 aromatic carbocycles. The van der Waals surface area contributed by atoms with Gasteiger partial charge in [0.1, 0.15) is 5.69 Å². The van der Waals surface area contributed by atoms with Crippen LogP contribution in [0.1, 0.15) is 5.56 Å². The van der Waals surface area contributed by atoms with Crippen LogP contribution in [0.15, 0.2) is 54.7 Å². The Balaban J connectivity index is 2.01. The van der Waals surface area contributed by atoms with Crippen molar-refractivity contribution >= 4 is 21.8 Å². The Morgan fingerprint density at radius 1 is 1.00 bits per heavy atom. The van der Waals surface area contributed by atoms with Crippen molar-refractivity contribution in [1.82, 2.24) is 15.0 Å². The largest absolute Gasteiger partial charge is 0.337 e. The molecule has 4 nitrogen and oxygen atoms in total. The number of H-pyrrole nitrogens is 1. The molecule has 0 amide bonds. The number of fused-ring (bicyclic) bond motifs is 2. The van der Waals surface area contributed by atoms with Crippen molar-refractivity contribution in [3.05, 3.63) is 60.3 Å². The molecule has 2 heterocycles. The minimum absolute atomic E-state index is 0.477. The topological polar surface area (TPSA) is 67.6 Å². The second-order valence-electron chi connectivity index (χ2n) is 4.98. The Bertz CT molecular complexity index is 934. The average Bonchev–Trinajstić information content (AvgIpc) is 2.98. The van der Waals surface area contributed by atoms with Crippen molar-refractivity contribution in [2.75, 3.05) is 0 Å². The third kappa shape index (κ3) is 1.88. The standard InChI is InChI=1S/C17H14N4/c18-10-12-5-3-7-14-15(12)21-17(20-14)16-13-6-2-1-4-11(13)8-9-19-16/h1-9H,10,18H2,(H,20,21). The lowest BCUT2D eigenvalue weighted by Crippen LogP contribution is -1.96. The zero-order valence-electron chi connectivity index (χ0n) is 11.4. The van der Waals surface area contributed by atoms with Crippen molar-refractivity contribution in [2.24, 2.45) is 5.73 Å². The number of aromatic amines is 1. The number of hydrogen-bond donors (Lipinski definition) is 2. The summed E-state index contributed by atoms with van der Waals surface area (Å²) in [5.74, 6) is 0.780. The number of pyridine rings is 1. The van der Waals surface area contributed by atoms with Gasteiger partial charge in [0.2, 0.25) is 0 Å². The van der Waals surface area contributed by atoms with Gasteiger partial charge in [-0.15, -0.1) is 0 Å². The second-order valence-corrected chi connectivity index (χ2v) is 4.98. The number of imidazole rings is 1. The predicted octanol–water partition coefficient (Wildman–Crippen LogP) is 3.24. The summed E-state index contributed by atoms with van der Waals surface area (Å²) in [6.45, 7) is 0.477. The predicted molar refractivity (Wildman–Crippen MR) is 84.7 cm³/mol. The first-order chi connectivity index (χ1) is 10.4. The Morgan fingerprint density at radius 3 is 2.81 bits per heavy atom. The van der Waals surface area contributed by atoms with Gasteiger partial charge >= 0.3 is 0 Å². The first kappa shape index (κ1) is 12.1. The molecular formula is C17H14N4. The maximum Gasteiger partial charge on any atom is 0.157 e. The molecule has 0 bridgehead atoms. The number of nitrogens with one attached hydrogen (secondary N) is 1. The molecule has 0 spiro atoms. The highest BCUT2D eigenvalue weighted by Crippen LogP contribution is 2.27. The monoisotopic (exact) mass is 274 g/mol. The van der Waals surface area contributed by atoms with E-state index in [0.29, 0.717) is 6.54 Å². The number of rotatable bonds is 2. The van der Waals surface area contributed by atoms with Crippen LogP contribution >= 0.6 is 0 Å². The normalized spacial score (nSPS) is 11.3. The van der Waals surface area contributed by atoms with E-state index < -0.39 is 0 Å². The van der Waals surface area contributed by atoms with E-state index >= 15 is 0 Å². The fourth-order valence-electron chi connectivity index (χ4n) is 2.68. The number of nitrogens with two attached hydrogens (primary N) is 1. The fourth-order valence-corrected chi connectivity index (χ4v) is 2.68. The van der Waals surface area contributed by atoms with Gasteiger partial charge in [-0.05, 0) is 23.1 Å². The molecule has 102 valence electrons. The van der Waals surface area contributed by atoms with Crippen molar-refractivity contribution in [3.63, 3.8) is 0 Å². The number of benzene rings is 2.